The molecule has 1 atom stereocenters. The lowest BCUT2D eigenvalue weighted by Crippen LogP contribution is -2.48. The van der Waals surface area contributed by atoms with E-state index in [1.54, 1.807) is 17.0 Å². The number of benzene rings is 2. The first kappa shape index (κ1) is 22.2. The molecule has 1 aliphatic heterocycles. The van der Waals surface area contributed by atoms with E-state index in [0.717, 1.165) is 12.1 Å². The van der Waals surface area contributed by atoms with Crippen LogP contribution >= 0.6 is 12.4 Å². The van der Waals surface area contributed by atoms with Crippen LogP contribution in [-0.4, -0.2) is 44.6 Å². The van der Waals surface area contributed by atoms with E-state index in [-0.39, 0.29) is 23.9 Å². The van der Waals surface area contributed by atoms with Crippen molar-refractivity contribution >= 4 is 28.2 Å². The Kier molecular flexibility index (Phi) is 7.08. The van der Waals surface area contributed by atoms with Crippen molar-refractivity contribution < 1.29 is 26.4 Å². The van der Waals surface area contributed by atoms with Crippen molar-refractivity contribution in [1.82, 2.24) is 10.2 Å². The van der Waals surface area contributed by atoms with Crippen LogP contribution in [0.15, 0.2) is 53.4 Å². The minimum Gasteiger partial charge on any atom is -0.329 e. The molecule has 1 aliphatic rings. The zero-order valence-corrected chi connectivity index (χ0v) is 16.2. The second-order valence-electron chi connectivity index (χ2n) is 6.10. The molecule has 152 valence electrons. The fourth-order valence-corrected chi connectivity index (χ4v) is 3.74. The molecule has 28 heavy (non-hydrogen) atoms. The highest BCUT2D eigenvalue weighted by Crippen LogP contribution is 2.26. The Bertz CT molecular complexity index is 939. The van der Waals surface area contributed by atoms with Gasteiger partial charge in [0.25, 0.3) is 5.91 Å². The van der Waals surface area contributed by atoms with Crippen LogP contribution in [-0.2, 0) is 9.84 Å². The SMILES string of the molecule is Cl.O=C(c1ccc(S(=O)(=O)C(F)F)cc1)N1CCNCC1c1cccc(F)c1. The van der Waals surface area contributed by atoms with Gasteiger partial charge in [0.1, 0.15) is 5.82 Å². The van der Waals surface area contributed by atoms with Gasteiger partial charge in [-0.05, 0) is 42.0 Å². The summed E-state index contributed by atoms with van der Waals surface area (Å²) in [4.78, 5) is 13.9. The van der Waals surface area contributed by atoms with Crippen LogP contribution in [0.4, 0.5) is 13.2 Å². The number of nitrogens with zero attached hydrogens (tertiary/aromatic N) is 1. The van der Waals surface area contributed by atoms with Crippen molar-refractivity contribution in [2.75, 3.05) is 19.6 Å². The number of carbonyl (C=O) groups excluding carboxylic acids is 1. The average Bonchev–Trinajstić information content (AvgIpc) is 2.67. The van der Waals surface area contributed by atoms with Gasteiger partial charge in [-0.25, -0.2) is 12.8 Å². The summed E-state index contributed by atoms with van der Waals surface area (Å²) in [6.07, 6.45) is 0. The lowest BCUT2D eigenvalue weighted by Gasteiger charge is -2.36. The lowest BCUT2D eigenvalue weighted by molar-refractivity contribution is 0.0634. The van der Waals surface area contributed by atoms with Crippen LogP contribution in [0.25, 0.3) is 0 Å². The van der Waals surface area contributed by atoms with Gasteiger partial charge < -0.3 is 10.2 Å². The van der Waals surface area contributed by atoms with Crippen molar-refractivity contribution in [3.8, 4) is 0 Å². The molecule has 1 saturated heterocycles. The van der Waals surface area contributed by atoms with Gasteiger partial charge in [-0.1, -0.05) is 12.1 Å². The van der Waals surface area contributed by atoms with E-state index in [1.807, 2.05) is 0 Å². The topological polar surface area (TPSA) is 66.5 Å². The molecule has 1 amide bonds. The van der Waals surface area contributed by atoms with Crippen molar-refractivity contribution in [1.29, 1.82) is 0 Å². The molecule has 1 heterocycles. The molecule has 1 unspecified atom stereocenters. The molecule has 0 aromatic heterocycles. The van der Waals surface area contributed by atoms with Crippen molar-refractivity contribution in [2.24, 2.45) is 0 Å². The van der Waals surface area contributed by atoms with Gasteiger partial charge in [0.15, 0.2) is 0 Å². The van der Waals surface area contributed by atoms with Gasteiger partial charge in [0.2, 0.25) is 9.84 Å². The summed E-state index contributed by atoms with van der Waals surface area (Å²) in [7, 11) is -4.71. The number of amides is 1. The maximum atomic E-state index is 13.6. The Balaban J connectivity index is 0.00000280. The fraction of sp³-hybridized carbons (Fsp3) is 0.278. The minimum absolute atomic E-state index is 0. The Morgan fingerprint density at radius 3 is 2.43 bits per heavy atom. The summed E-state index contributed by atoms with van der Waals surface area (Å²) in [5.74, 6) is -4.32. The van der Waals surface area contributed by atoms with Crippen LogP contribution in [0.3, 0.4) is 0 Å². The number of halogens is 4. The summed E-state index contributed by atoms with van der Waals surface area (Å²) in [5, 5.41) is 3.15. The van der Waals surface area contributed by atoms with E-state index in [0.29, 0.717) is 25.2 Å². The van der Waals surface area contributed by atoms with E-state index in [4.69, 9.17) is 0 Å². The smallest absolute Gasteiger partial charge is 0.329 e. The maximum absolute atomic E-state index is 13.6. The number of alkyl halides is 2. The molecule has 1 fully saturated rings. The van der Waals surface area contributed by atoms with Crippen LogP contribution in [0, 0.1) is 5.82 Å². The zero-order valence-electron chi connectivity index (χ0n) is 14.5. The van der Waals surface area contributed by atoms with E-state index in [9.17, 15) is 26.4 Å². The number of carbonyl (C=O) groups is 1. The number of nitrogens with one attached hydrogen (secondary N) is 1. The quantitative estimate of drug-likeness (QED) is 0.803. The van der Waals surface area contributed by atoms with Crippen molar-refractivity contribution in [3.63, 3.8) is 0 Å². The molecule has 2 aromatic rings. The Morgan fingerprint density at radius 1 is 1.14 bits per heavy atom. The summed E-state index contributed by atoms with van der Waals surface area (Å²) in [6, 6.07) is 9.97. The van der Waals surface area contributed by atoms with Crippen LogP contribution < -0.4 is 5.32 Å². The first-order chi connectivity index (χ1) is 12.8. The largest absolute Gasteiger partial charge is 0.341 e. The molecule has 3 rings (SSSR count). The second-order valence-corrected chi connectivity index (χ2v) is 8.02. The highest BCUT2D eigenvalue weighted by atomic mass is 35.5. The first-order valence-electron chi connectivity index (χ1n) is 8.20. The first-order valence-corrected chi connectivity index (χ1v) is 9.74. The van der Waals surface area contributed by atoms with Gasteiger partial charge in [0.05, 0.1) is 10.9 Å². The number of sulfone groups is 1. The third-order valence-electron chi connectivity index (χ3n) is 4.40. The standard InChI is InChI=1S/C18H17F3N2O3S.ClH/c19-14-3-1-2-13(10-14)16-11-22-8-9-23(16)17(24)12-4-6-15(7-5-12)27(25,26)18(20)21;/h1-7,10,16,18,22H,8-9,11H2;1H. The van der Waals surface area contributed by atoms with E-state index in [1.165, 1.54) is 24.3 Å². The third-order valence-corrected chi connectivity index (χ3v) is 5.80. The molecule has 0 aliphatic carbocycles. The Hall–Kier alpha value is -2.10. The number of rotatable bonds is 4. The van der Waals surface area contributed by atoms with E-state index < -0.39 is 32.3 Å². The number of piperazine rings is 1. The highest BCUT2D eigenvalue weighted by Gasteiger charge is 2.30. The predicted molar refractivity (Wildman–Crippen MR) is 99.9 cm³/mol. The van der Waals surface area contributed by atoms with Crippen molar-refractivity contribution in [2.45, 2.75) is 16.7 Å². The number of hydrogen-bond donors (Lipinski definition) is 1. The van der Waals surface area contributed by atoms with Gasteiger partial charge >= 0.3 is 5.76 Å². The van der Waals surface area contributed by atoms with Gasteiger partial charge in [0, 0.05) is 25.2 Å². The van der Waals surface area contributed by atoms with E-state index in [2.05, 4.69) is 5.32 Å². The summed E-state index contributed by atoms with van der Waals surface area (Å²) in [5.41, 5.74) is 0.805. The van der Waals surface area contributed by atoms with Crippen LogP contribution in [0.1, 0.15) is 22.0 Å². The Morgan fingerprint density at radius 2 is 1.82 bits per heavy atom. The molecule has 0 bridgehead atoms. The molecular weight excluding hydrogens is 417 g/mol. The van der Waals surface area contributed by atoms with Gasteiger partial charge in [-0.15, -0.1) is 12.4 Å². The third kappa shape index (κ3) is 4.48. The molecule has 0 radical (unpaired) electrons. The molecule has 1 N–H and O–H groups in total. The lowest BCUT2D eigenvalue weighted by atomic mass is 10.0. The van der Waals surface area contributed by atoms with Crippen LogP contribution in [0.5, 0.6) is 0 Å². The van der Waals surface area contributed by atoms with Crippen molar-refractivity contribution in [3.05, 3.63) is 65.5 Å². The molecular formula is C18H18ClF3N2O3S. The fourth-order valence-electron chi connectivity index (χ4n) is 3.01. The monoisotopic (exact) mass is 434 g/mol. The minimum atomic E-state index is -4.71. The molecule has 2 aromatic carbocycles. The van der Waals surface area contributed by atoms with Gasteiger partial charge in [-0.3, -0.25) is 4.79 Å². The number of hydrogen-bond acceptors (Lipinski definition) is 4. The predicted octanol–water partition coefficient (Wildman–Crippen LogP) is 3.03. The molecule has 10 heteroatoms. The zero-order chi connectivity index (χ0) is 19.6. The van der Waals surface area contributed by atoms with E-state index >= 15 is 0 Å². The molecule has 0 spiro atoms. The molecule has 0 saturated carbocycles. The van der Waals surface area contributed by atoms with Crippen LogP contribution in [0.2, 0.25) is 0 Å². The van der Waals surface area contributed by atoms with Gasteiger partial charge in [-0.2, -0.15) is 8.78 Å². The summed E-state index contributed by atoms with van der Waals surface area (Å²) < 4.78 is 61.8. The second kappa shape index (κ2) is 8.93. The molecule has 5 nitrogen and oxygen atoms in total. The average molecular weight is 435 g/mol. The summed E-state index contributed by atoms with van der Waals surface area (Å²) >= 11 is 0. The summed E-state index contributed by atoms with van der Waals surface area (Å²) in [6.45, 7) is 1.36. The Labute approximate surface area is 166 Å². The highest BCUT2D eigenvalue weighted by molar-refractivity contribution is 7.91. The maximum Gasteiger partial charge on any atom is 0.341 e. The normalized spacial score (nSPS) is 17.3.